The molecule has 1 atom stereocenters. The standard InChI is InChI=1S/C24H27N3O3/c1-17(22-15-25-27(3)18(22)2)26-24(28)13-11-19-10-12-23(29-4)20(14-19)16-30-21-8-6-5-7-9-21/h5-15,17H,16H2,1-4H3,(H,26,28)/b13-11+. The second-order valence-corrected chi connectivity index (χ2v) is 7.05. The minimum Gasteiger partial charge on any atom is -0.496 e. The highest BCUT2D eigenvalue weighted by atomic mass is 16.5. The lowest BCUT2D eigenvalue weighted by molar-refractivity contribution is -0.117. The summed E-state index contributed by atoms with van der Waals surface area (Å²) < 4.78 is 13.1. The van der Waals surface area contributed by atoms with Crippen molar-refractivity contribution >= 4 is 12.0 Å². The van der Waals surface area contributed by atoms with Gasteiger partial charge in [-0.15, -0.1) is 0 Å². The maximum Gasteiger partial charge on any atom is 0.244 e. The van der Waals surface area contributed by atoms with E-state index in [1.54, 1.807) is 24.1 Å². The highest BCUT2D eigenvalue weighted by Crippen LogP contribution is 2.23. The van der Waals surface area contributed by atoms with Crippen LogP contribution >= 0.6 is 0 Å². The lowest BCUT2D eigenvalue weighted by Gasteiger charge is -2.12. The molecule has 0 aliphatic carbocycles. The average molecular weight is 405 g/mol. The molecule has 3 aromatic rings. The van der Waals surface area contributed by atoms with Gasteiger partial charge in [0.1, 0.15) is 18.1 Å². The smallest absolute Gasteiger partial charge is 0.244 e. The topological polar surface area (TPSA) is 65.4 Å². The van der Waals surface area contributed by atoms with Crippen LogP contribution in [0, 0.1) is 6.92 Å². The Morgan fingerprint density at radius 1 is 1.23 bits per heavy atom. The summed E-state index contributed by atoms with van der Waals surface area (Å²) in [6.45, 7) is 4.30. The molecule has 0 aliphatic rings. The molecular weight excluding hydrogens is 378 g/mol. The Kier molecular flexibility index (Phi) is 6.91. The zero-order valence-corrected chi connectivity index (χ0v) is 17.8. The van der Waals surface area contributed by atoms with E-state index in [1.165, 1.54) is 6.08 Å². The SMILES string of the molecule is COc1ccc(/C=C/C(=O)NC(C)c2cnn(C)c2C)cc1COc1ccccc1. The Bertz CT molecular complexity index is 1030. The summed E-state index contributed by atoms with van der Waals surface area (Å²) in [5.41, 5.74) is 3.83. The highest BCUT2D eigenvalue weighted by Gasteiger charge is 2.13. The van der Waals surface area contributed by atoms with Gasteiger partial charge in [0.15, 0.2) is 0 Å². The van der Waals surface area contributed by atoms with Crippen LogP contribution in [0.1, 0.15) is 35.3 Å². The first-order chi connectivity index (χ1) is 14.5. The first kappa shape index (κ1) is 21.2. The normalized spacial score (nSPS) is 12.0. The van der Waals surface area contributed by atoms with E-state index in [1.807, 2.05) is 69.4 Å². The molecule has 2 aromatic carbocycles. The molecule has 30 heavy (non-hydrogen) atoms. The highest BCUT2D eigenvalue weighted by molar-refractivity contribution is 5.92. The van der Waals surface area contributed by atoms with E-state index >= 15 is 0 Å². The third-order valence-electron chi connectivity index (χ3n) is 4.97. The van der Waals surface area contributed by atoms with Crippen molar-refractivity contribution in [3.05, 3.63) is 83.2 Å². The van der Waals surface area contributed by atoms with Gasteiger partial charge in [-0.25, -0.2) is 0 Å². The van der Waals surface area contributed by atoms with Crippen molar-refractivity contribution < 1.29 is 14.3 Å². The summed E-state index contributed by atoms with van der Waals surface area (Å²) in [7, 11) is 3.52. The van der Waals surface area contributed by atoms with Gasteiger partial charge in [-0.3, -0.25) is 9.48 Å². The monoisotopic (exact) mass is 405 g/mol. The number of carbonyl (C=O) groups excluding carboxylic acids is 1. The summed E-state index contributed by atoms with van der Waals surface area (Å²) in [5, 5.41) is 7.20. The van der Waals surface area contributed by atoms with Crippen LogP contribution in [-0.4, -0.2) is 22.8 Å². The molecule has 0 bridgehead atoms. The van der Waals surface area contributed by atoms with Crippen molar-refractivity contribution in [2.24, 2.45) is 7.05 Å². The van der Waals surface area contributed by atoms with Crippen LogP contribution in [0.5, 0.6) is 11.5 Å². The number of benzene rings is 2. The quantitative estimate of drug-likeness (QED) is 0.570. The number of hydrogen-bond donors (Lipinski definition) is 1. The summed E-state index contributed by atoms with van der Waals surface area (Å²) in [6, 6.07) is 15.2. The van der Waals surface area contributed by atoms with E-state index in [9.17, 15) is 4.79 Å². The molecule has 0 aliphatic heterocycles. The molecule has 6 heteroatoms. The Balaban J connectivity index is 1.65. The second-order valence-electron chi connectivity index (χ2n) is 7.05. The molecule has 0 fully saturated rings. The number of hydrogen-bond acceptors (Lipinski definition) is 4. The van der Waals surface area contributed by atoms with Gasteiger partial charge < -0.3 is 14.8 Å². The van der Waals surface area contributed by atoms with E-state index < -0.39 is 0 Å². The van der Waals surface area contributed by atoms with Gasteiger partial charge in [0.2, 0.25) is 5.91 Å². The van der Waals surface area contributed by atoms with Crippen molar-refractivity contribution in [2.75, 3.05) is 7.11 Å². The number of rotatable bonds is 8. The lowest BCUT2D eigenvalue weighted by atomic mass is 10.1. The van der Waals surface area contributed by atoms with E-state index in [2.05, 4.69) is 10.4 Å². The molecule has 6 nitrogen and oxygen atoms in total. The summed E-state index contributed by atoms with van der Waals surface area (Å²) >= 11 is 0. The van der Waals surface area contributed by atoms with Gasteiger partial charge >= 0.3 is 0 Å². The van der Waals surface area contributed by atoms with Crippen molar-refractivity contribution in [1.82, 2.24) is 15.1 Å². The van der Waals surface area contributed by atoms with Crippen LogP contribution in [0.15, 0.2) is 60.8 Å². The number of aryl methyl sites for hydroxylation is 1. The summed E-state index contributed by atoms with van der Waals surface area (Å²) in [4.78, 5) is 12.4. The zero-order chi connectivity index (χ0) is 21.5. The maximum absolute atomic E-state index is 12.4. The number of aromatic nitrogens is 2. The molecule has 0 saturated heterocycles. The summed E-state index contributed by atoms with van der Waals surface area (Å²) in [6.07, 6.45) is 5.10. The molecule has 1 unspecified atom stereocenters. The third-order valence-corrected chi connectivity index (χ3v) is 4.97. The first-order valence-corrected chi connectivity index (χ1v) is 9.79. The molecule has 0 radical (unpaired) electrons. The molecule has 1 amide bonds. The fourth-order valence-corrected chi connectivity index (χ4v) is 3.14. The number of amides is 1. The lowest BCUT2D eigenvalue weighted by Crippen LogP contribution is -2.25. The molecule has 1 aromatic heterocycles. The van der Waals surface area contributed by atoms with E-state index in [0.717, 1.165) is 33.9 Å². The fraction of sp³-hybridized carbons (Fsp3) is 0.250. The Morgan fingerprint density at radius 2 is 2.00 bits per heavy atom. The number of para-hydroxylation sites is 1. The Hall–Kier alpha value is -3.54. The second kappa shape index (κ2) is 9.78. The molecule has 156 valence electrons. The predicted molar refractivity (Wildman–Crippen MR) is 117 cm³/mol. The molecular formula is C24H27N3O3. The van der Waals surface area contributed by atoms with Crippen molar-refractivity contribution in [3.63, 3.8) is 0 Å². The molecule has 0 saturated carbocycles. The Morgan fingerprint density at radius 3 is 2.67 bits per heavy atom. The van der Waals surface area contributed by atoms with Crippen LogP contribution in [0.3, 0.4) is 0 Å². The van der Waals surface area contributed by atoms with Crippen LogP contribution in [0.25, 0.3) is 6.08 Å². The van der Waals surface area contributed by atoms with Gasteiger partial charge in [-0.1, -0.05) is 24.3 Å². The Labute approximate surface area is 177 Å². The fourth-order valence-electron chi connectivity index (χ4n) is 3.14. The van der Waals surface area contributed by atoms with Crippen molar-refractivity contribution in [1.29, 1.82) is 0 Å². The van der Waals surface area contributed by atoms with Gasteiger partial charge in [-0.2, -0.15) is 5.10 Å². The molecule has 3 rings (SSSR count). The number of nitrogens with zero attached hydrogens (tertiary/aromatic N) is 2. The number of nitrogens with one attached hydrogen (secondary N) is 1. The number of methoxy groups -OCH3 is 1. The van der Waals surface area contributed by atoms with E-state index in [-0.39, 0.29) is 11.9 Å². The molecule has 1 N–H and O–H groups in total. The van der Waals surface area contributed by atoms with Crippen LogP contribution in [-0.2, 0) is 18.4 Å². The van der Waals surface area contributed by atoms with Gasteiger partial charge in [0.05, 0.1) is 19.3 Å². The summed E-state index contributed by atoms with van der Waals surface area (Å²) in [5.74, 6) is 1.37. The van der Waals surface area contributed by atoms with Crippen LogP contribution in [0.4, 0.5) is 0 Å². The van der Waals surface area contributed by atoms with Crippen molar-refractivity contribution in [3.8, 4) is 11.5 Å². The molecule has 1 heterocycles. The van der Waals surface area contributed by atoms with Gasteiger partial charge in [0.25, 0.3) is 0 Å². The largest absolute Gasteiger partial charge is 0.496 e. The van der Waals surface area contributed by atoms with Crippen LogP contribution < -0.4 is 14.8 Å². The van der Waals surface area contributed by atoms with Gasteiger partial charge in [-0.05, 0) is 49.8 Å². The van der Waals surface area contributed by atoms with Crippen LogP contribution in [0.2, 0.25) is 0 Å². The van der Waals surface area contributed by atoms with Gasteiger partial charge in [0, 0.05) is 29.9 Å². The third kappa shape index (κ3) is 5.29. The molecule has 0 spiro atoms. The average Bonchev–Trinajstić information content (AvgIpc) is 3.10. The minimum atomic E-state index is -0.163. The first-order valence-electron chi connectivity index (χ1n) is 9.79. The predicted octanol–water partition coefficient (Wildman–Crippen LogP) is 4.21. The minimum absolute atomic E-state index is 0.124. The van der Waals surface area contributed by atoms with E-state index in [0.29, 0.717) is 6.61 Å². The maximum atomic E-state index is 12.4. The number of ether oxygens (including phenoxy) is 2. The zero-order valence-electron chi connectivity index (χ0n) is 17.8. The number of carbonyl (C=O) groups is 1. The van der Waals surface area contributed by atoms with E-state index in [4.69, 9.17) is 9.47 Å². The van der Waals surface area contributed by atoms with Crippen molar-refractivity contribution in [2.45, 2.75) is 26.5 Å².